The number of halogens is 5. The summed E-state index contributed by atoms with van der Waals surface area (Å²) >= 11 is 11.7. The van der Waals surface area contributed by atoms with Crippen molar-refractivity contribution in [3.05, 3.63) is 58.1 Å². The third-order valence-corrected chi connectivity index (χ3v) is 4.66. The topological polar surface area (TPSA) is 49.4 Å². The molecule has 0 aromatic heterocycles. The molecule has 2 amide bonds. The van der Waals surface area contributed by atoms with E-state index in [-0.39, 0.29) is 44.5 Å². The zero-order valence-corrected chi connectivity index (χ0v) is 16.1. The molecule has 1 N–H and O–H groups in total. The molecule has 0 saturated carbocycles. The van der Waals surface area contributed by atoms with Crippen LogP contribution in [0.25, 0.3) is 0 Å². The van der Waals surface area contributed by atoms with Crippen LogP contribution in [-0.2, 0) is 4.79 Å². The van der Waals surface area contributed by atoms with Crippen LogP contribution in [0.2, 0.25) is 10.0 Å². The molecule has 0 heterocycles. The molecule has 10 heteroatoms. The molecule has 0 fully saturated rings. The van der Waals surface area contributed by atoms with Gasteiger partial charge in [0.05, 0.1) is 22.3 Å². The molecule has 0 atom stereocenters. The van der Waals surface area contributed by atoms with E-state index in [0.717, 1.165) is 4.90 Å². The Balaban J connectivity index is 1.99. The van der Waals surface area contributed by atoms with Crippen LogP contribution in [-0.4, -0.2) is 35.8 Å². The minimum Gasteiger partial charge on any atom is -0.332 e. The largest absolute Gasteiger partial charge is 0.446 e. The molecule has 2 rings (SSSR count). The van der Waals surface area contributed by atoms with Crippen LogP contribution in [0.15, 0.2) is 47.4 Å². The normalized spacial score (nSPS) is 11.2. The molecule has 0 unspecified atom stereocenters. The Morgan fingerprint density at radius 1 is 1.07 bits per heavy atom. The van der Waals surface area contributed by atoms with Crippen molar-refractivity contribution in [3.8, 4) is 0 Å². The summed E-state index contributed by atoms with van der Waals surface area (Å²) in [5, 5.41) is 3.03. The van der Waals surface area contributed by atoms with Crippen LogP contribution in [0.5, 0.6) is 0 Å². The van der Waals surface area contributed by atoms with Gasteiger partial charge in [0.15, 0.2) is 0 Å². The molecule has 2 aromatic carbocycles. The number of benzene rings is 2. The smallest absolute Gasteiger partial charge is 0.332 e. The lowest BCUT2D eigenvalue weighted by atomic mass is 10.2. The van der Waals surface area contributed by atoms with E-state index in [1.54, 1.807) is 18.2 Å². The van der Waals surface area contributed by atoms with E-state index in [4.69, 9.17) is 23.2 Å². The summed E-state index contributed by atoms with van der Waals surface area (Å²) in [7, 11) is 1.40. The fourth-order valence-electron chi connectivity index (χ4n) is 2.10. The molecule has 0 aliphatic rings. The van der Waals surface area contributed by atoms with Gasteiger partial charge in [0.1, 0.15) is 0 Å². The van der Waals surface area contributed by atoms with Gasteiger partial charge in [0, 0.05) is 17.5 Å². The van der Waals surface area contributed by atoms with Gasteiger partial charge in [-0.05, 0) is 48.2 Å². The quantitative estimate of drug-likeness (QED) is 0.645. The van der Waals surface area contributed by atoms with E-state index in [1.807, 2.05) is 0 Å². The minimum absolute atomic E-state index is 0.0344. The molecule has 27 heavy (non-hydrogen) atoms. The van der Waals surface area contributed by atoms with E-state index in [9.17, 15) is 22.8 Å². The molecule has 0 bridgehead atoms. The highest BCUT2D eigenvalue weighted by Gasteiger charge is 2.29. The zero-order chi connectivity index (χ0) is 20.2. The number of amides is 2. The van der Waals surface area contributed by atoms with Crippen LogP contribution in [0.4, 0.5) is 18.9 Å². The second-order valence-electron chi connectivity index (χ2n) is 5.38. The molecule has 4 nitrogen and oxygen atoms in total. The van der Waals surface area contributed by atoms with E-state index in [2.05, 4.69) is 5.32 Å². The Labute approximate surface area is 167 Å². The maximum absolute atomic E-state index is 12.3. The predicted octanol–water partition coefficient (Wildman–Crippen LogP) is 5.32. The fraction of sp³-hybridized carbons (Fsp3) is 0.176. The first kappa shape index (κ1) is 21.4. The number of carbonyl (C=O) groups is 2. The van der Waals surface area contributed by atoms with Crippen LogP contribution in [0, 0.1) is 0 Å². The molecule has 144 valence electrons. The lowest BCUT2D eigenvalue weighted by Gasteiger charge is -2.18. The van der Waals surface area contributed by atoms with Crippen molar-refractivity contribution in [2.24, 2.45) is 0 Å². The van der Waals surface area contributed by atoms with Gasteiger partial charge < -0.3 is 10.2 Å². The minimum atomic E-state index is -4.40. The number of hydrogen-bond donors (Lipinski definition) is 1. The fourth-order valence-corrected chi connectivity index (χ4v) is 3.13. The highest BCUT2D eigenvalue weighted by molar-refractivity contribution is 8.00. The summed E-state index contributed by atoms with van der Waals surface area (Å²) in [4.78, 5) is 25.5. The van der Waals surface area contributed by atoms with E-state index < -0.39 is 17.3 Å². The van der Waals surface area contributed by atoms with Gasteiger partial charge in [-0.15, -0.1) is 0 Å². The average Bonchev–Trinajstić information content (AvgIpc) is 2.57. The van der Waals surface area contributed by atoms with Crippen molar-refractivity contribution >= 4 is 52.5 Å². The van der Waals surface area contributed by atoms with Gasteiger partial charge >= 0.3 is 5.51 Å². The highest BCUT2D eigenvalue weighted by atomic mass is 35.5. The Morgan fingerprint density at radius 3 is 2.15 bits per heavy atom. The number of rotatable bonds is 5. The van der Waals surface area contributed by atoms with Gasteiger partial charge in [0.25, 0.3) is 5.91 Å². The molecule has 0 saturated heterocycles. The van der Waals surface area contributed by atoms with Crippen molar-refractivity contribution in [3.63, 3.8) is 0 Å². The molecule has 0 spiro atoms. The number of thioether (sulfide) groups is 1. The Kier molecular flexibility index (Phi) is 7.02. The number of nitrogens with zero attached hydrogens (tertiary/aromatic N) is 1. The third-order valence-electron chi connectivity index (χ3n) is 3.29. The number of likely N-dealkylation sites (N-methyl/N-ethyl adjacent to an activating group) is 1. The van der Waals surface area contributed by atoms with Crippen molar-refractivity contribution < 1.29 is 22.8 Å². The number of para-hydroxylation sites is 1. The molecule has 0 aliphatic heterocycles. The van der Waals surface area contributed by atoms with Crippen molar-refractivity contribution in [1.29, 1.82) is 0 Å². The van der Waals surface area contributed by atoms with Gasteiger partial charge in [-0.1, -0.05) is 29.3 Å². The van der Waals surface area contributed by atoms with Crippen molar-refractivity contribution in [1.82, 2.24) is 4.90 Å². The first-order valence-corrected chi connectivity index (χ1v) is 8.99. The number of nitrogens with one attached hydrogen (secondary N) is 1. The summed E-state index contributed by atoms with van der Waals surface area (Å²) < 4.78 is 37.0. The summed E-state index contributed by atoms with van der Waals surface area (Å²) in [6.45, 7) is -0.292. The van der Waals surface area contributed by atoms with E-state index in [0.29, 0.717) is 0 Å². The molecule has 0 aliphatic carbocycles. The lowest BCUT2D eigenvalue weighted by molar-refractivity contribution is -0.116. The standard InChI is InChI=1S/C17H13Cl2F3N2O2S/c1-24(9-14(25)23-15-12(18)3-2-4-13(15)19)16(26)10-5-7-11(8-6-10)27-17(20,21)22/h2-8H,9H2,1H3,(H,23,25). The first-order chi connectivity index (χ1) is 12.6. The SMILES string of the molecule is CN(CC(=O)Nc1c(Cl)cccc1Cl)C(=O)c1ccc(SC(F)(F)F)cc1. The summed E-state index contributed by atoms with van der Waals surface area (Å²) in [5.74, 6) is -1.04. The van der Waals surface area contributed by atoms with E-state index >= 15 is 0 Å². The summed E-state index contributed by atoms with van der Waals surface area (Å²) in [6, 6.07) is 9.67. The Hall–Kier alpha value is -1.90. The van der Waals surface area contributed by atoms with Crippen LogP contribution in [0.1, 0.15) is 10.4 Å². The predicted molar refractivity (Wildman–Crippen MR) is 100 cm³/mol. The molecular weight excluding hydrogens is 424 g/mol. The van der Waals surface area contributed by atoms with Crippen LogP contribution in [0.3, 0.4) is 0 Å². The third kappa shape index (κ3) is 6.34. The Bertz CT molecular complexity index is 825. The molecule has 0 radical (unpaired) electrons. The Morgan fingerprint density at radius 2 is 1.63 bits per heavy atom. The van der Waals surface area contributed by atoms with Gasteiger partial charge in [0.2, 0.25) is 5.91 Å². The maximum Gasteiger partial charge on any atom is 0.446 e. The monoisotopic (exact) mass is 436 g/mol. The van der Waals surface area contributed by atoms with Crippen molar-refractivity contribution in [2.45, 2.75) is 10.4 Å². The number of anilines is 1. The average molecular weight is 437 g/mol. The second kappa shape index (κ2) is 8.86. The highest BCUT2D eigenvalue weighted by Crippen LogP contribution is 2.36. The van der Waals surface area contributed by atoms with Gasteiger partial charge in [-0.2, -0.15) is 13.2 Å². The zero-order valence-electron chi connectivity index (χ0n) is 13.8. The number of hydrogen-bond acceptors (Lipinski definition) is 3. The number of carbonyl (C=O) groups excluding carboxylic acids is 2. The van der Waals surface area contributed by atoms with E-state index in [1.165, 1.54) is 31.3 Å². The first-order valence-electron chi connectivity index (χ1n) is 7.42. The molecular formula is C17H13Cl2F3N2O2S. The van der Waals surface area contributed by atoms with Gasteiger partial charge in [-0.25, -0.2) is 0 Å². The van der Waals surface area contributed by atoms with Crippen LogP contribution < -0.4 is 5.32 Å². The lowest BCUT2D eigenvalue weighted by Crippen LogP contribution is -2.35. The van der Waals surface area contributed by atoms with Gasteiger partial charge in [-0.3, -0.25) is 9.59 Å². The number of alkyl halides is 3. The summed E-state index contributed by atoms with van der Waals surface area (Å²) in [6.07, 6.45) is 0. The second-order valence-corrected chi connectivity index (χ2v) is 7.33. The summed E-state index contributed by atoms with van der Waals surface area (Å²) in [5.41, 5.74) is -4.01. The van der Waals surface area contributed by atoms with Crippen molar-refractivity contribution in [2.75, 3.05) is 18.9 Å². The molecule has 2 aromatic rings. The maximum atomic E-state index is 12.3. The van der Waals surface area contributed by atoms with Crippen LogP contribution >= 0.6 is 35.0 Å².